The van der Waals surface area contributed by atoms with Crippen LogP contribution in [0.2, 0.25) is 0 Å². The van der Waals surface area contributed by atoms with Gasteiger partial charge in [-0.25, -0.2) is 0 Å². The van der Waals surface area contributed by atoms with E-state index in [0.717, 1.165) is 18.1 Å². The van der Waals surface area contributed by atoms with Crippen LogP contribution in [0.1, 0.15) is 52.4 Å². The minimum Gasteiger partial charge on any atom is -0.288 e. The molecular weight excluding hydrogens is 170 g/mol. The van der Waals surface area contributed by atoms with E-state index in [9.17, 15) is 0 Å². The molecule has 1 saturated heterocycles. The topological polar surface area (TPSA) is 3.24 Å². The zero-order chi connectivity index (χ0) is 9.97. The van der Waals surface area contributed by atoms with Gasteiger partial charge in [0.1, 0.15) is 0 Å². The third kappa shape index (κ3) is 1.88. The molecule has 0 N–H and O–H groups in total. The van der Waals surface area contributed by atoms with Gasteiger partial charge in [-0.05, 0) is 26.2 Å². The third-order valence-electron chi connectivity index (χ3n) is 3.81. The molecule has 1 heteroatoms. The normalized spacial score (nSPS) is 37.4. The fourth-order valence-corrected chi connectivity index (χ4v) is 3.03. The molecule has 2 aliphatic heterocycles. The summed E-state index contributed by atoms with van der Waals surface area (Å²) >= 11 is 0. The highest BCUT2D eigenvalue weighted by atomic mass is 15.2. The summed E-state index contributed by atoms with van der Waals surface area (Å²) in [4.78, 5) is 2.75. The van der Waals surface area contributed by atoms with Gasteiger partial charge < -0.3 is 0 Å². The number of unbranched alkanes of at least 4 members (excludes halogenated alkanes) is 1. The van der Waals surface area contributed by atoms with Gasteiger partial charge >= 0.3 is 0 Å². The van der Waals surface area contributed by atoms with Crippen molar-refractivity contribution in [2.24, 2.45) is 0 Å². The summed E-state index contributed by atoms with van der Waals surface area (Å²) in [5, 5.41) is 0. The lowest BCUT2D eigenvalue weighted by atomic mass is 9.97. The predicted molar refractivity (Wildman–Crippen MR) is 61.4 cm³/mol. The molecular formula is C13H23N. The van der Waals surface area contributed by atoms with E-state index in [0.29, 0.717) is 0 Å². The van der Waals surface area contributed by atoms with Crippen molar-refractivity contribution in [1.82, 2.24) is 4.90 Å². The molecule has 0 bridgehead atoms. The van der Waals surface area contributed by atoms with Gasteiger partial charge in [0.2, 0.25) is 0 Å². The van der Waals surface area contributed by atoms with E-state index in [4.69, 9.17) is 0 Å². The maximum absolute atomic E-state index is 2.75. The van der Waals surface area contributed by atoms with Crippen molar-refractivity contribution in [1.29, 1.82) is 0 Å². The smallest absolute Gasteiger partial charge is 0.0287 e. The van der Waals surface area contributed by atoms with Gasteiger partial charge in [0.25, 0.3) is 0 Å². The largest absolute Gasteiger partial charge is 0.288 e. The van der Waals surface area contributed by atoms with Crippen LogP contribution in [0.4, 0.5) is 0 Å². The van der Waals surface area contributed by atoms with Crippen molar-refractivity contribution in [3.63, 3.8) is 0 Å². The predicted octanol–water partition coefficient (Wildman–Crippen LogP) is 3.36. The number of rotatable bonds is 3. The molecule has 0 spiro atoms. The Morgan fingerprint density at radius 1 is 1.29 bits per heavy atom. The van der Waals surface area contributed by atoms with Crippen molar-refractivity contribution in [2.45, 2.75) is 70.5 Å². The lowest BCUT2D eigenvalue weighted by Gasteiger charge is -2.39. The molecule has 1 fully saturated rings. The van der Waals surface area contributed by atoms with E-state index in [-0.39, 0.29) is 0 Å². The van der Waals surface area contributed by atoms with Crippen LogP contribution in [-0.4, -0.2) is 23.0 Å². The molecule has 2 rings (SSSR count). The molecule has 14 heavy (non-hydrogen) atoms. The van der Waals surface area contributed by atoms with Crippen molar-refractivity contribution >= 4 is 0 Å². The van der Waals surface area contributed by atoms with Crippen LogP contribution >= 0.6 is 0 Å². The first kappa shape index (κ1) is 10.2. The molecule has 0 amide bonds. The Balaban J connectivity index is 1.95. The molecule has 80 valence electrons. The zero-order valence-corrected chi connectivity index (χ0v) is 9.58. The maximum atomic E-state index is 2.75. The fourth-order valence-electron chi connectivity index (χ4n) is 3.03. The molecule has 0 unspecified atom stereocenters. The summed E-state index contributed by atoms with van der Waals surface area (Å²) < 4.78 is 0. The van der Waals surface area contributed by atoms with Gasteiger partial charge in [-0.2, -0.15) is 0 Å². The standard InChI is InChI=1S/C13H23N/c1-3-4-7-12-9-10-13-8-5-6-11(2)14(12)13/h9-13H,3-8H2,1-2H3/t11-,12+,13-/m0/s1. The van der Waals surface area contributed by atoms with Crippen LogP contribution in [0.5, 0.6) is 0 Å². The number of hydrogen-bond acceptors (Lipinski definition) is 1. The van der Waals surface area contributed by atoms with Crippen LogP contribution in [0.25, 0.3) is 0 Å². The van der Waals surface area contributed by atoms with Crippen LogP contribution < -0.4 is 0 Å². The van der Waals surface area contributed by atoms with E-state index >= 15 is 0 Å². The average molecular weight is 193 g/mol. The summed E-state index contributed by atoms with van der Waals surface area (Å²) in [6.07, 6.45) is 13.2. The summed E-state index contributed by atoms with van der Waals surface area (Å²) in [7, 11) is 0. The first-order valence-electron chi connectivity index (χ1n) is 6.28. The maximum Gasteiger partial charge on any atom is 0.0287 e. The van der Waals surface area contributed by atoms with Crippen LogP contribution in [-0.2, 0) is 0 Å². The highest BCUT2D eigenvalue weighted by Crippen LogP contribution is 2.32. The minimum absolute atomic E-state index is 0.759. The molecule has 0 aromatic heterocycles. The second kappa shape index (κ2) is 4.48. The second-order valence-corrected chi connectivity index (χ2v) is 4.89. The molecule has 2 aliphatic rings. The molecule has 0 radical (unpaired) electrons. The minimum atomic E-state index is 0.759. The first-order valence-corrected chi connectivity index (χ1v) is 6.28. The molecule has 3 atom stereocenters. The van der Waals surface area contributed by atoms with Gasteiger partial charge in [-0.15, -0.1) is 0 Å². The highest BCUT2D eigenvalue weighted by Gasteiger charge is 2.34. The molecule has 0 aromatic rings. The SMILES string of the molecule is CCCC[C@@H]1C=C[C@@H]2CCC[C@H](C)N21. The van der Waals surface area contributed by atoms with Crippen molar-refractivity contribution < 1.29 is 0 Å². The van der Waals surface area contributed by atoms with E-state index in [1.54, 1.807) is 0 Å². The van der Waals surface area contributed by atoms with Gasteiger partial charge in [0.05, 0.1) is 0 Å². The monoisotopic (exact) mass is 193 g/mol. The Morgan fingerprint density at radius 3 is 2.93 bits per heavy atom. The van der Waals surface area contributed by atoms with Crippen molar-refractivity contribution in [3.05, 3.63) is 12.2 Å². The summed E-state index contributed by atoms with van der Waals surface area (Å²) in [6.45, 7) is 4.69. The van der Waals surface area contributed by atoms with Crippen LogP contribution in [0.15, 0.2) is 12.2 Å². The van der Waals surface area contributed by atoms with Crippen LogP contribution in [0.3, 0.4) is 0 Å². The summed E-state index contributed by atoms with van der Waals surface area (Å²) in [5.74, 6) is 0. The quantitative estimate of drug-likeness (QED) is 0.621. The highest BCUT2D eigenvalue weighted by molar-refractivity contribution is 5.12. The lowest BCUT2D eigenvalue weighted by molar-refractivity contribution is 0.0997. The lowest BCUT2D eigenvalue weighted by Crippen LogP contribution is -2.46. The molecule has 0 aliphatic carbocycles. The Bertz CT molecular complexity index is 209. The molecule has 2 heterocycles. The van der Waals surface area contributed by atoms with Gasteiger partial charge in [0, 0.05) is 18.1 Å². The fraction of sp³-hybridized carbons (Fsp3) is 0.846. The van der Waals surface area contributed by atoms with Crippen molar-refractivity contribution in [2.75, 3.05) is 0 Å². The first-order chi connectivity index (χ1) is 6.83. The summed E-state index contributed by atoms with van der Waals surface area (Å²) in [5.41, 5.74) is 0. The number of hydrogen-bond donors (Lipinski definition) is 0. The van der Waals surface area contributed by atoms with Gasteiger partial charge in [-0.1, -0.05) is 38.3 Å². The van der Waals surface area contributed by atoms with Gasteiger partial charge in [0.15, 0.2) is 0 Å². The average Bonchev–Trinajstić information content (AvgIpc) is 2.59. The Hall–Kier alpha value is -0.300. The van der Waals surface area contributed by atoms with E-state index < -0.39 is 0 Å². The van der Waals surface area contributed by atoms with Gasteiger partial charge in [-0.3, -0.25) is 4.90 Å². The Labute approximate surface area is 88.2 Å². The molecule has 0 saturated carbocycles. The number of nitrogens with zero attached hydrogens (tertiary/aromatic N) is 1. The molecule has 1 nitrogen and oxygen atoms in total. The van der Waals surface area contributed by atoms with E-state index in [1.165, 1.54) is 38.5 Å². The van der Waals surface area contributed by atoms with Crippen molar-refractivity contribution in [3.8, 4) is 0 Å². The third-order valence-corrected chi connectivity index (χ3v) is 3.81. The summed E-state index contributed by atoms with van der Waals surface area (Å²) in [6, 6.07) is 2.35. The zero-order valence-electron chi connectivity index (χ0n) is 9.58. The second-order valence-electron chi connectivity index (χ2n) is 4.89. The van der Waals surface area contributed by atoms with Crippen LogP contribution in [0, 0.1) is 0 Å². The van der Waals surface area contributed by atoms with E-state index in [2.05, 4.69) is 30.9 Å². The Morgan fingerprint density at radius 2 is 2.14 bits per heavy atom. The van der Waals surface area contributed by atoms with E-state index in [1.807, 2.05) is 0 Å². The Kier molecular flexibility index (Phi) is 3.27. The molecule has 0 aromatic carbocycles. The number of fused-ring (bicyclic) bond motifs is 1. The number of piperidine rings is 1.